The molecule has 7 nitrogen and oxygen atoms in total. The van der Waals surface area contributed by atoms with Crippen molar-refractivity contribution in [3.05, 3.63) is 29.7 Å². The highest BCUT2D eigenvalue weighted by atomic mass is 19.1. The van der Waals surface area contributed by atoms with Crippen LogP contribution in [0.1, 0.15) is 60.7 Å². The van der Waals surface area contributed by atoms with Crippen molar-refractivity contribution in [1.29, 1.82) is 0 Å². The summed E-state index contributed by atoms with van der Waals surface area (Å²) in [4.78, 5) is 18.3. The fourth-order valence-corrected chi connectivity index (χ4v) is 3.10. The average molecular weight is 333 g/mol. The summed E-state index contributed by atoms with van der Waals surface area (Å²) in [7, 11) is 0. The number of rotatable bonds is 4. The van der Waals surface area contributed by atoms with Crippen LogP contribution in [0.3, 0.4) is 0 Å². The van der Waals surface area contributed by atoms with Gasteiger partial charge in [0, 0.05) is 25.2 Å². The number of aromatic nitrogens is 4. The lowest BCUT2D eigenvalue weighted by Crippen LogP contribution is -2.46. The van der Waals surface area contributed by atoms with Crippen molar-refractivity contribution in [2.75, 3.05) is 13.1 Å². The highest BCUT2D eigenvalue weighted by molar-refractivity contribution is 5.92. The standard InChI is InChI=1S/C16H20FN5O2/c1-2-22-9-6-12(19-22)14(23)21-8-3-7-16(17,10-21)15-18-13(20-24-15)11-4-5-11/h6,9,11H,2-5,7-8,10H2,1H3. The van der Waals surface area contributed by atoms with Gasteiger partial charge < -0.3 is 9.42 Å². The monoisotopic (exact) mass is 333 g/mol. The number of aryl methyl sites for hydroxylation is 1. The molecule has 1 aliphatic heterocycles. The third-order valence-corrected chi connectivity index (χ3v) is 4.68. The van der Waals surface area contributed by atoms with Gasteiger partial charge in [-0.3, -0.25) is 9.48 Å². The van der Waals surface area contributed by atoms with Crippen LogP contribution in [0.2, 0.25) is 0 Å². The van der Waals surface area contributed by atoms with Crippen molar-refractivity contribution >= 4 is 5.91 Å². The highest BCUT2D eigenvalue weighted by Crippen LogP contribution is 2.41. The first kappa shape index (κ1) is 15.3. The van der Waals surface area contributed by atoms with Crippen molar-refractivity contribution in [3.8, 4) is 0 Å². The fourth-order valence-electron chi connectivity index (χ4n) is 3.10. The molecule has 1 atom stereocenters. The largest absolute Gasteiger partial charge is 0.336 e. The summed E-state index contributed by atoms with van der Waals surface area (Å²) in [5.74, 6) is 0.643. The lowest BCUT2D eigenvalue weighted by molar-refractivity contribution is 0.0149. The average Bonchev–Trinajstić information content (AvgIpc) is 3.13. The van der Waals surface area contributed by atoms with Gasteiger partial charge in [0.05, 0.1) is 6.54 Å². The molecule has 2 aromatic heterocycles. The first-order chi connectivity index (χ1) is 11.6. The Labute approximate surface area is 138 Å². The summed E-state index contributed by atoms with van der Waals surface area (Å²) < 4.78 is 22.2. The van der Waals surface area contributed by atoms with Crippen LogP contribution in [0.15, 0.2) is 16.8 Å². The first-order valence-corrected chi connectivity index (χ1v) is 8.45. The molecule has 1 saturated heterocycles. The second kappa shape index (κ2) is 5.68. The molecule has 3 heterocycles. The summed E-state index contributed by atoms with van der Waals surface area (Å²) in [5, 5.41) is 8.11. The molecule has 1 unspecified atom stereocenters. The van der Waals surface area contributed by atoms with Crippen LogP contribution in [0.5, 0.6) is 0 Å². The Hall–Kier alpha value is -2.25. The van der Waals surface area contributed by atoms with Gasteiger partial charge in [0.15, 0.2) is 5.82 Å². The smallest absolute Gasteiger partial charge is 0.274 e. The van der Waals surface area contributed by atoms with Gasteiger partial charge in [-0.05, 0) is 38.7 Å². The topological polar surface area (TPSA) is 77.0 Å². The van der Waals surface area contributed by atoms with Crippen LogP contribution in [0.25, 0.3) is 0 Å². The van der Waals surface area contributed by atoms with E-state index in [1.165, 1.54) is 4.90 Å². The van der Waals surface area contributed by atoms with Gasteiger partial charge in [0.25, 0.3) is 11.8 Å². The lowest BCUT2D eigenvalue weighted by Gasteiger charge is -2.34. The summed E-state index contributed by atoms with van der Waals surface area (Å²) >= 11 is 0. The van der Waals surface area contributed by atoms with Crippen molar-refractivity contribution in [2.45, 2.75) is 50.7 Å². The van der Waals surface area contributed by atoms with Gasteiger partial charge >= 0.3 is 0 Å². The first-order valence-electron chi connectivity index (χ1n) is 8.45. The number of carbonyl (C=O) groups excluding carboxylic acids is 1. The van der Waals surface area contributed by atoms with E-state index in [9.17, 15) is 4.79 Å². The van der Waals surface area contributed by atoms with Gasteiger partial charge in [-0.2, -0.15) is 10.1 Å². The molecule has 4 rings (SSSR count). The predicted octanol–water partition coefficient (Wildman–Crippen LogP) is 2.26. The number of halogens is 1. The van der Waals surface area contributed by atoms with E-state index < -0.39 is 5.67 Å². The molecule has 1 amide bonds. The van der Waals surface area contributed by atoms with Crippen LogP contribution >= 0.6 is 0 Å². The minimum atomic E-state index is -1.78. The number of hydrogen-bond donors (Lipinski definition) is 0. The molecule has 2 aromatic rings. The van der Waals surface area contributed by atoms with E-state index in [0.29, 0.717) is 36.9 Å². The molecule has 0 radical (unpaired) electrons. The van der Waals surface area contributed by atoms with Crippen molar-refractivity contribution in [1.82, 2.24) is 24.8 Å². The van der Waals surface area contributed by atoms with Crippen LogP contribution < -0.4 is 0 Å². The van der Waals surface area contributed by atoms with Gasteiger partial charge in [0.2, 0.25) is 5.67 Å². The lowest BCUT2D eigenvalue weighted by atomic mass is 9.94. The number of hydrogen-bond acceptors (Lipinski definition) is 5. The second-order valence-electron chi connectivity index (χ2n) is 6.58. The van der Waals surface area contributed by atoms with Gasteiger partial charge in [-0.15, -0.1) is 0 Å². The van der Waals surface area contributed by atoms with Gasteiger partial charge in [-0.1, -0.05) is 5.16 Å². The van der Waals surface area contributed by atoms with Gasteiger partial charge in [0.1, 0.15) is 5.69 Å². The Balaban J connectivity index is 1.52. The third-order valence-electron chi connectivity index (χ3n) is 4.68. The molecule has 128 valence electrons. The van der Waals surface area contributed by atoms with E-state index in [4.69, 9.17) is 4.52 Å². The third kappa shape index (κ3) is 2.70. The number of piperidine rings is 1. The number of alkyl halides is 1. The van der Waals surface area contributed by atoms with Crippen molar-refractivity contribution < 1.29 is 13.7 Å². The molecular formula is C16H20FN5O2. The molecule has 0 N–H and O–H groups in total. The molecule has 24 heavy (non-hydrogen) atoms. The quantitative estimate of drug-likeness (QED) is 0.858. The number of amides is 1. The molecule has 0 aromatic carbocycles. The Morgan fingerprint density at radius 3 is 3.04 bits per heavy atom. The van der Waals surface area contributed by atoms with Crippen LogP contribution in [0.4, 0.5) is 4.39 Å². The Bertz CT molecular complexity index is 753. The van der Waals surface area contributed by atoms with Crippen LogP contribution in [-0.4, -0.2) is 43.8 Å². The van der Waals surface area contributed by atoms with E-state index in [0.717, 1.165) is 12.8 Å². The molecule has 0 spiro atoms. The van der Waals surface area contributed by atoms with Crippen LogP contribution in [-0.2, 0) is 12.2 Å². The van der Waals surface area contributed by atoms with Crippen LogP contribution in [0, 0.1) is 0 Å². The maximum Gasteiger partial charge on any atom is 0.274 e. The minimum absolute atomic E-state index is 0.000914. The van der Waals surface area contributed by atoms with Gasteiger partial charge in [-0.25, -0.2) is 4.39 Å². The van der Waals surface area contributed by atoms with E-state index in [1.54, 1.807) is 16.9 Å². The number of nitrogens with zero attached hydrogens (tertiary/aromatic N) is 5. The van der Waals surface area contributed by atoms with E-state index in [-0.39, 0.29) is 24.8 Å². The zero-order chi connectivity index (χ0) is 16.7. The number of likely N-dealkylation sites (tertiary alicyclic amines) is 1. The molecule has 8 heteroatoms. The van der Waals surface area contributed by atoms with E-state index in [2.05, 4.69) is 15.2 Å². The molecule has 1 aliphatic carbocycles. The van der Waals surface area contributed by atoms with Crippen molar-refractivity contribution in [3.63, 3.8) is 0 Å². The fraction of sp³-hybridized carbons (Fsp3) is 0.625. The minimum Gasteiger partial charge on any atom is -0.336 e. The maximum absolute atomic E-state index is 15.4. The second-order valence-corrected chi connectivity index (χ2v) is 6.58. The zero-order valence-electron chi connectivity index (χ0n) is 13.6. The highest BCUT2D eigenvalue weighted by Gasteiger charge is 2.45. The Morgan fingerprint density at radius 2 is 2.33 bits per heavy atom. The normalized spacial score (nSPS) is 24.3. The molecule has 0 bridgehead atoms. The molecule has 1 saturated carbocycles. The molecule has 2 aliphatic rings. The van der Waals surface area contributed by atoms with Crippen molar-refractivity contribution in [2.24, 2.45) is 0 Å². The zero-order valence-corrected chi connectivity index (χ0v) is 13.6. The van der Waals surface area contributed by atoms with E-state index in [1.807, 2.05) is 6.92 Å². The van der Waals surface area contributed by atoms with E-state index >= 15 is 4.39 Å². The molecular weight excluding hydrogens is 313 g/mol. The summed E-state index contributed by atoms with van der Waals surface area (Å²) in [6.07, 6.45) is 4.65. The summed E-state index contributed by atoms with van der Waals surface area (Å²) in [6.45, 7) is 3.07. The SMILES string of the molecule is CCn1ccc(C(=O)N2CCCC(F)(c3nc(C4CC4)no3)C2)n1. The molecule has 2 fully saturated rings. The maximum atomic E-state index is 15.4. The predicted molar refractivity (Wildman–Crippen MR) is 82.1 cm³/mol. The number of carbonyl (C=O) groups is 1. The summed E-state index contributed by atoms with van der Waals surface area (Å²) in [5.41, 5.74) is -1.44. The summed E-state index contributed by atoms with van der Waals surface area (Å²) in [6, 6.07) is 1.66. The Morgan fingerprint density at radius 1 is 1.50 bits per heavy atom. The Kier molecular flexibility index (Phi) is 3.62.